The first-order valence-electron chi connectivity index (χ1n) is 3.43. The largest absolute Gasteiger partial charge is 0.458 e. The van der Waals surface area contributed by atoms with Crippen LogP contribution in [0.4, 0.5) is 0 Å². The molecule has 58 valence electrons. The summed E-state index contributed by atoms with van der Waals surface area (Å²) in [5, 5.41) is 8.68. The summed E-state index contributed by atoms with van der Waals surface area (Å²) in [6.45, 7) is 0. The van der Waals surface area contributed by atoms with E-state index in [1.54, 1.807) is 18.2 Å². The first-order valence-corrected chi connectivity index (χ1v) is 3.43. The van der Waals surface area contributed by atoms with Crippen molar-refractivity contribution in [2.24, 2.45) is 0 Å². The Morgan fingerprint density at radius 3 is 2.83 bits per heavy atom. The third-order valence-electron chi connectivity index (χ3n) is 1.54. The van der Waals surface area contributed by atoms with Gasteiger partial charge in [0.2, 0.25) is 0 Å². The summed E-state index contributed by atoms with van der Waals surface area (Å²) in [6, 6.07) is 7.20. The van der Waals surface area contributed by atoms with Crippen LogP contribution >= 0.6 is 0 Å². The lowest BCUT2D eigenvalue weighted by Crippen LogP contribution is -1.97. The van der Waals surface area contributed by atoms with Gasteiger partial charge in [0.15, 0.2) is 11.5 Å². The van der Waals surface area contributed by atoms with Gasteiger partial charge >= 0.3 is 0 Å². The molecule has 1 aromatic rings. The number of nitriles is 1. The fourth-order valence-electron chi connectivity index (χ4n) is 1.02. The number of rotatable bonds is 0. The standard InChI is InChI=1S/C9H5NO2/c10-6-7-2-1-3-8-9(7)12-5-4-11-8/h1-5H. The van der Waals surface area contributed by atoms with Crippen LogP contribution in [-0.2, 0) is 0 Å². The van der Waals surface area contributed by atoms with Gasteiger partial charge in [-0.15, -0.1) is 0 Å². The Morgan fingerprint density at radius 2 is 2.00 bits per heavy atom. The second-order valence-electron chi connectivity index (χ2n) is 2.25. The van der Waals surface area contributed by atoms with E-state index in [0.717, 1.165) is 0 Å². The van der Waals surface area contributed by atoms with Crippen LogP contribution < -0.4 is 9.47 Å². The van der Waals surface area contributed by atoms with Crippen LogP contribution in [0.2, 0.25) is 0 Å². The molecule has 0 aliphatic carbocycles. The van der Waals surface area contributed by atoms with Gasteiger partial charge in [0.05, 0.1) is 5.56 Å². The quantitative estimate of drug-likeness (QED) is 0.579. The van der Waals surface area contributed by atoms with E-state index in [1.165, 1.54) is 12.5 Å². The van der Waals surface area contributed by atoms with Crippen LogP contribution in [0.15, 0.2) is 30.7 Å². The summed E-state index contributed by atoms with van der Waals surface area (Å²) >= 11 is 0. The zero-order valence-electron chi connectivity index (χ0n) is 6.15. The zero-order chi connectivity index (χ0) is 8.39. The highest BCUT2D eigenvalue weighted by atomic mass is 16.5. The molecule has 0 saturated heterocycles. The van der Waals surface area contributed by atoms with Gasteiger partial charge in [-0.2, -0.15) is 5.26 Å². The van der Waals surface area contributed by atoms with Crippen LogP contribution in [0.25, 0.3) is 0 Å². The predicted octanol–water partition coefficient (Wildman–Crippen LogP) is 1.80. The number of fused-ring (bicyclic) bond motifs is 1. The number of nitrogens with zero attached hydrogens (tertiary/aromatic N) is 1. The molecule has 0 aromatic heterocycles. The number of hydrogen-bond donors (Lipinski definition) is 0. The predicted molar refractivity (Wildman–Crippen MR) is 41.6 cm³/mol. The minimum absolute atomic E-state index is 0.483. The second-order valence-corrected chi connectivity index (χ2v) is 2.25. The van der Waals surface area contributed by atoms with E-state index < -0.39 is 0 Å². The molecular formula is C9H5NO2. The molecule has 3 heteroatoms. The van der Waals surface area contributed by atoms with Gasteiger partial charge < -0.3 is 9.47 Å². The van der Waals surface area contributed by atoms with Crippen LogP contribution in [0.5, 0.6) is 11.5 Å². The van der Waals surface area contributed by atoms with Crippen molar-refractivity contribution < 1.29 is 9.47 Å². The Kier molecular flexibility index (Phi) is 1.45. The minimum Gasteiger partial charge on any atom is -0.458 e. The van der Waals surface area contributed by atoms with E-state index in [0.29, 0.717) is 17.1 Å². The van der Waals surface area contributed by atoms with Crippen molar-refractivity contribution in [3.63, 3.8) is 0 Å². The van der Waals surface area contributed by atoms with Crippen molar-refractivity contribution >= 4 is 0 Å². The van der Waals surface area contributed by atoms with Gasteiger partial charge in [-0.1, -0.05) is 6.07 Å². The van der Waals surface area contributed by atoms with E-state index in [9.17, 15) is 0 Å². The van der Waals surface area contributed by atoms with Crippen molar-refractivity contribution in [2.45, 2.75) is 0 Å². The molecule has 1 aromatic carbocycles. The van der Waals surface area contributed by atoms with Gasteiger partial charge in [-0.3, -0.25) is 0 Å². The maximum Gasteiger partial charge on any atom is 0.186 e. The zero-order valence-corrected chi connectivity index (χ0v) is 6.15. The molecule has 0 fully saturated rings. The third-order valence-corrected chi connectivity index (χ3v) is 1.54. The topological polar surface area (TPSA) is 42.2 Å². The number of benzene rings is 1. The minimum atomic E-state index is 0.483. The molecule has 1 heterocycles. The SMILES string of the molecule is N#Cc1cccc2c1OC=CO2. The van der Waals surface area contributed by atoms with Crippen LogP contribution in [-0.4, -0.2) is 0 Å². The van der Waals surface area contributed by atoms with E-state index in [-0.39, 0.29) is 0 Å². The number of ether oxygens (including phenoxy) is 2. The lowest BCUT2D eigenvalue weighted by molar-refractivity contribution is 0.361. The molecule has 0 bridgehead atoms. The molecule has 12 heavy (non-hydrogen) atoms. The average molecular weight is 159 g/mol. The monoisotopic (exact) mass is 159 g/mol. The fraction of sp³-hybridized carbons (Fsp3) is 0. The Bertz CT molecular complexity index is 377. The Labute approximate surface area is 69.5 Å². The third kappa shape index (κ3) is 0.903. The smallest absolute Gasteiger partial charge is 0.186 e. The van der Waals surface area contributed by atoms with E-state index in [2.05, 4.69) is 0 Å². The Balaban J connectivity index is 2.58. The summed E-state index contributed by atoms with van der Waals surface area (Å²) in [6.07, 6.45) is 2.84. The first-order chi connectivity index (χ1) is 5.92. The molecular weight excluding hydrogens is 154 g/mol. The molecule has 0 amide bonds. The maximum absolute atomic E-state index is 8.68. The van der Waals surface area contributed by atoms with Crippen molar-refractivity contribution in [2.75, 3.05) is 0 Å². The van der Waals surface area contributed by atoms with Crippen molar-refractivity contribution in [1.82, 2.24) is 0 Å². The van der Waals surface area contributed by atoms with Crippen molar-refractivity contribution in [3.8, 4) is 17.6 Å². The lowest BCUT2D eigenvalue weighted by Gasteiger charge is -2.12. The summed E-state index contributed by atoms with van der Waals surface area (Å²) < 4.78 is 10.2. The number of para-hydroxylation sites is 1. The van der Waals surface area contributed by atoms with Gasteiger partial charge in [-0.05, 0) is 12.1 Å². The highest BCUT2D eigenvalue weighted by molar-refractivity contribution is 5.53. The normalized spacial score (nSPS) is 12.2. The summed E-state index contributed by atoms with van der Waals surface area (Å²) in [7, 11) is 0. The fourth-order valence-corrected chi connectivity index (χ4v) is 1.02. The van der Waals surface area contributed by atoms with Crippen molar-refractivity contribution in [3.05, 3.63) is 36.3 Å². The van der Waals surface area contributed by atoms with Gasteiger partial charge in [0.25, 0.3) is 0 Å². The summed E-state index contributed by atoms with van der Waals surface area (Å²) in [4.78, 5) is 0. The maximum atomic E-state index is 8.68. The van der Waals surface area contributed by atoms with Crippen molar-refractivity contribution in [1.29, 1.82) is 5.26 Å². The molecule has 0 unspecified atom stereocenters. The van der Waals surface area contributed by atoms with Gasteiger partial charge in [0.1, 0.15) is 18.6 Å². The molecule has 0 saturated carbocycles. The lowest BCUT2D eigenvalue weighted by atomic mass is 10.2. The highest BCUT2D eigenvalue weighted by Crippen LogP contribution is 2.33. The van der Waals surface area contributed by atoms with Crippen LogP contribution in [0.3, 0.4) is 0 Å². The summed E-state index contributed by atoms with van der Waals surface area (Å²) in [5.41, 5.74) is 0.483. The Hall–Kier alpha value is -1.95. The molecule has 0 spiro atoms. The molecule has 2 rings (SSSR count). The molecule has 0 N–H and O–H groups in total. The first kappa shape index (κ1) is 6.74. The molecule has 1 aliphatic rings. The molecule has 0 atom stereocenters. The Morgan fingerprint density at radius 1 is 1.17 bits per heavy atom. The highest BCUT2D eigenvalue weighted by Gasteiger charge is 2.11. The molecule has 0 radical (unpaired) electrons. The van der Waals surface area contributed by atoms with Crippen LogP contribution in [0, 0.1) is 11.3 Å². The average Bonchev–Trinajstić information content (AvgIpc) is 2.17. The van der Waals surface area contributed by atoms with Gasteiger partial charge in [0, 0.05) is 0 Å². The van der Waals surface area contributed by atoms with Crippen LogP contribution in [0.1, 0.15) is 5.56 Å². The second kappa shape index (κ2) is 2.59. The molecule has 3 nitrogen and oxygen atoms in total. The number of hydrogen-bond acceptors (Lipinski definition) is 3. The van der Waals surface area contributed by atoms with E-state index >= 15 is 0 Å². The van der Waals surface area contributed by atoms with E-state index in [1.807, 2.05) is 6.07 Å². The van der Waals surface area contributed by atoms with Gasteiger partial charge in [-0.25, -0.2) is 0 Å². The summed E-state index contributed by atoms with van der Waals surface area (Å²) in [5.74, 6) is 1.07. The molecule has 1 aliphatic heterocycles. The van der Waals surface area contributed by atoms with E-state index in [4.69, 9.17) is 14.7 Å².